The van der Waals surface area contributed by atoms with Crippen LogP contribution in [0.3, 0.4) is 0 Å². The van der Waals surface area contributed by atoms with E-state index in [1.165, 1.54) is 5.56 Å². The average Bonchev–Trinajstić information content (AvgIpc) is 2.83. The molecular weight excluding hydrogens is 474 g/mol. The van der Waals surface area contributed by atoms with Crippen molar-refractivity contribution >= 4 is 32.7 Å². The predicted molar refractivity (Wildman–Crippen MR) is 136 cm³/mol. The van der Waals surface area contributed by atoms with Gasteiger partial charge >= 0.3 is 0 Å². The molecule has 2 heterocycles. The molecule has 1 amide bonds. The highest BCUT2D eigenvalue weighted by atomic mass is 79.9. The van der Waals surface area contributed by atoms with Crippen LogP contribution in [0, 0.1) is 0 Å². The number of nitrogens with zero attached hydrogens (tertiary/aromatic N) is 2. The number of para-hydroxylation sites is 1. The molecule has 0 fully saturated rings. The van der Waals surface area contributed by atoms with Gasteiger partial charge in [-0.2, -0.15) is 0 Å². The SMILES string of the molecule is C[C@@H](NC(=O)c1c2c(nc3ccccc13)CCN(Cc1ccccc1)C2)c1ccc(Br)cc1. The minimum absolute atomic E-state index is 0.0400. The molecule has 0 unspecified atom stereocenters. The molecule has 0 bridgehead atoms. The van der Waals surface area contributed by atoms with Gasteiger partial charge in [0.05, 0.1) is 17.1 Å². The van der Waals surface area contributed by atoms with Gasteiger partial charge in [-0.25, -0.2) is 0 Å². The fourth-order valence-electron chi connectivity index (χ4n) is 4.59. The van der Waals surface area contributed by atoms with Gasteiger partial charge in [0.1, 0.15) is 0 Å². The van der Waals surface area contributed by atoms with Crippen LogP contribution in [-0.4, -0.2) is 22.3 Å². The van der Waals surface area contributed by atoms with E-state index in [1.54, 1.807) is 0 Å². The van der Waals surface area contributed by atoms with Gasteiger partial charge in [0, 0.05) is 47.2 Å². The Labute approximate surface area is 202 Å². The summed E-state index contributed by atoms with van der Waals surface area (Å²) in [4.78, 5) is 21.0. The molecule has 0 spiro atoms. The molecule has 4 aromatic rings. The lowest BCUT2D eigenvalue weighted by Gasteiger charge is -2.30. The molecule has 1 aliphatic heterocycles. The highest BCUT2D eigenvalue weighted by Crippen LogP contribution is 2.29. The monoisotopic (exact) mass is 499 g/mol. The Kier molecular flexibility index (Phi) is 6.25. The molecule has 1 aromatic heterocycles. The maximum absolute atomic E-state index is 13.7. The van der Waals surface area contributed by atoms with Gasteiger partial charge in [0.15, 0.2) is 0 Å². The molecule has 0 saturated carbocycles. The predicted octanol–water partition coefficient (Wildman–Crippen LogP) is 6.05. The van der Waals surface area contributed by atoms with Crippen molar-refractivity contribution in [3.63, 3.8) is 0 Å². The first-order chi connectivity index (χ1) is 16.1. The highest BCUT2D eigenvalue weighted by Gasteiger charge is 2.26. The van der Waals surface area contributed by atoms with Gasteiger partial charge < -0.3 is 5.32 Å². The van der Waals surface area contributed by atoms with E-state index in [2.05, 4.69) is 50.4 Å². The van der Waals surface area contributed by atoms with E-state index in [1.807, 2.05) is 61.5 Å². The molecule has 1 N–H and O–H groups in total. The molecule has 1 aliphatic rings. The fraction of sp³-hybridized carbons (Fsp3) is 0.214. The third-order valence-corrected chi connectivity index (χ3v) is 6.85. The normalized spacial score (nSPS) is 14.6. The first-order valence-electron chi connectivity index (χ1n) is 11.3. The summed E-state index contributed by atoms with van der Waals surface area (Å²) in [5.41, 5.74) is 6.09. The molecule has 4 nitrogen and oxygen atoms in total. The number of amides is 1. The van der Waals surface area contributed by atoms with E-state index in [-0.39, 0.29) is 11.9 Å². The Balaban J connectivity index is 1.48. The van der Waals surface area contributed by atoms with Crippen molar-refractivity contribution in [3.05, 3.63) is 111 Å². The number of hydrogen-bond donors (Lipinski definition) is 1. The summed E-state index contributed by atoms with van der Waals surface area (Å²) in [5.74, 6) is -0.0400. The minimum Gasteiger partial charge on any atom is -0.345 e. The molecule has 0 radical (unpaired) electrons. The summed E-state index contributed by atoms with van der Waals surface area (Å²) in [6.07, 6.45) is 0.843. The fourth-order valence-corrected chi connectivity index (χ4v) is 4.85. The summed E-state index contributed by atoms with van der Waals surface area (Å²) in [6, 6.07) is 26.5. The van der Waals surface area contributed by atoms with Crippen LogP contribution >= 0.6 is 15.9 Å². The largest absolute Gasteiger partial charge is 0.345 e. The van der Waals surface area contributed by atoms with Crippen LogP contribution in [0.1, 0.15) is 45.7 Å². The van der Waals surface area contributed by atoms with Crippen molar-refractivity contribution in [2.24, 2.45) is 0 Å². The maximum atomic E-state index is 13.7. The summed E-state index contributed by atoms with van der Waals surface area (Å²) >= 11 is 3.48. The van der Waals surface area contributed by atoms with Crippen LogP contribution in [0.15, 0.2) is 83.3 Å². The number of nitrogens with one attached hydrogen (secondary N) is 1. The summed E-state index contributed by atoms with van der Waals surface area (Å²) in [7, 11) is 0. The Morgan fingerprint density at radius 3 is 2.55 bits per heavy atom. The first-order valence-corrected chi connectivity index (χ1v) is 12.1. The maximum Gasteiger partial charge on any atom is 0.252 e. The van der Waals surface area contributed by atoms with Crippen LogP contribution in [0.2, 0.25) is 0 Å². The van der Waals surface area contributed by atoms with Crippen molar-refractivity contribution in [2.45, 2.75) is 32.5 Å². The van der Waals surface area contributed by atoms with Gasteiger partial charge in [-0.05, 0) is 36.2 Å². The van der Waals surface area contributed by atoms with Gasteiger partial charge in [-0.3, -0.25) is 14.7 Å². The minimum atomic E-state index is -0.0998. The lowest BCUT2D eigenvalue weighted by atomic mass is 9.94. The van der Waals surface area contributed by atoms with Gasteiger partial charge in [-0.15, -0.1) is 0 Å². The molecule has 1 atom stereocenters. The zero-order chi connectivity index (χ0) is 22.8. The number of carbonyl (C=O) groups is 1. The zero-order valence-corrected chi connectivity index (χ0v) is 20.2. The number of aromatic nitrogens is 1. The van der Waals surface area contributed by atoms with Crippen molar-refractivity contribution in [1.29, 1.82) is 0 Å². The molecule has 0 aliphatic carbocycles. The Bertz CT molecular complexity index is 1290. The van der Waals surface area contributed by atoms with E-state index < -0.39 is 0 Å². The van der Waals surface area contributed by atoms with E-state index in [9.17, 15) is 4.79 Å². The Morgan fingerprint density at radius 1 is 1.03 bits per heavy atom. The quantitative estimate of drug-likeness (QED) is 0.363. The molecule has 5 heteroatoms. The summed E-state index contributed by atoms with van der Waals surface area (Å²) < 4.78 is 1.03. The topological polar surface area (TPSA) is 45.2 Å². The molecule has 0 saturated heterocycles. The van der Waals surface area contributed by atoms with Crippen LogP contribution in [0.25, 0.3) is 10.9 Å². The van der Waals surface area contributed by atoms with Crippen LogP contribution in [-0.2, 0) is 19.5 Å². The van der Waals surface area contributed by atoms with Crippen LogP contribution in [0.5, 0.6) is 0 Å². The second-order valence-electron chi connectivity index (χ2n) is 8.62. The van der Waals surface area contributed by atoms with Gasteiger partial charge in [0.25, 0.3) is 5.91 Å². The van der Waals surface area contributed by atoms with Crippen molar-refractivity contribution < 1.29 is 4.79 Å². The number of hydrogen-bond acceptors (Lipinski definition) is 3. The smallest absolute Gasteiger partial charge is 0.252 e. The number of halogens is 1. The average molecular weight is 500 g/mol. The number of pyridine rings is 1. The molecule has 33 heavy (non-hydrogen) atoms. The number of rotatable bonds is 5. The lowest BCUT2D eigenvalue weighted by molar-refractivity contribution is 0.0938. The lowest BCUT2D eigenvalue weighted by Crippen LogP contribution is -2.34. The van der Waals surface area contributed by atoms with Gasteiger partial charge in [-0.1, -0.05) is 76.6 Å². The first kappa shape index (κ1) is 21.8. The third kappa shape index (κ3) is 4.70. The van der Waals surface area contributed by atoms with Crippen LogP contribution < -0.4 is 5.32 Å². The number of carbonyl (C=O) groups excluding carboxylic acids is 1. The molecule has 166 valence electrons. The summed E-state index contributed by atoms with van der Waals surface area (Å²) in [5, 5.41) is 4.15. The Morgan fingerprint density at radius 2 is 1.76 bits per heavy atom. The standard InChI is InChI=1S/C28H26BrN3O/c1-19(21-11-13-22(29)14-12-21)30-28(33)27-23-9-5-6-10-25(23)31-26-15-16-32(18-24(26)27)17-20-7-3-2-4-8-20/h2-14,19H,15-18H2,1H3,(H,30,33)/t19-/m1/s1. The van der Waals surface area contributed by atoms with Crippen LogP contribution in [0.4, 0.5) is 0 Å². The third-order valence-electron chi connectivity index (χ3n) is 6.32. The second kappa shape index (κ2) is 9.46. The molecule has 3 aromatic carbocycles. The van der Waals surface area contributed by atoms with Crippen molar-refractivity contribution in [3.8, 4) is 0 Å². The molecular formula is C28H26BrN3O. The zero-order valence-electron chi connectivity index (χ0n) is 18.6. The summed E-state index contributed by atoms with van der Waals surface area (Å²) in [6.45, 7) is 4.54. The molecule has 5 rings (SSSR count). The van der Waals surface area contributed by atoms with Gasteiger partial charge in [0.2, 0.25) is 0 Å². The van der Waals surface area contributed by atoms with E-state index >= 15 is 0 Å². The van der Waals surface area contributed by atoms with Crippen molar-refractivity contribution in [2.75, 3.05) is 6.54 Å². The second-order valence-corrected chi connectivity index (χ2v) is 9.54. The van der Waals surface area contributed by atoms with E-state index in [4.69, 9.17) is 4.98 Å². The Hall–Kier alpha value is -3.02. The van der Waals surface area contributed by atoms with E-state index in [0.717, 1.165) is 63.8 Å². The number of fused-ring (bicyclic) bond motifs is 2. The highest BCUT2D eigenvalue weighted by molar-refractivity contribution is 9.10. The number of benzene rings is 3. The van der Waals surface area contributed by atoms with E-state index in [0.29, 0.717) is 0 Å². The van der Waals surface area contributed by atoms with Crippen molar-refractivity contribution in [1.82, 2.24) is 15.2 Å².